The fourth-order valence-electron chi connectivity index (χ4n) is 3.71. The molecule has 5 aromatic rings. The number of fused-ring (bicyclic) bond motifs is 3. The van der Waals surface area contributed by atoms with Gasteiger partial charge in [-0.25, -0.2) is 9.36 Å². The Kier molecular flexibility index (Phi) is 4.05. The van der Waals surface area contributed by atoms with Crippen molar-refractivity contribution in [3.63, 3.8) is 0 Å². The Hall–Kier alpha value is -4.08. The summed E-state index contributed by atoms with van der Waals surface area (Å²) in [4.78, 5) is 30.7. The van der Waals surface area contributed by atoms with Crippen molar-refractivity contribution in [2.45, 2.75) is 20.0 Å². The van der Waals surface area contributed by atoms with Gasteiger partial charge in [-0.2, -0.15) is 15.3 Å². The van der Waals surface area contributed by atoms with Crippen LogP contribution in [0.15, 0.2) is 52.4 Å². The van der Waals surface area contributed by atoms with Gasteiger partial charge in [0.1, 0.15) is 11.0 Å². The van der Waals surface area contributed by atoms with E-state index in [-0.39, 0.29) is 24.2 Å². The molecule has 0 spiro atoms. The third-order valence-electron chi connectivity index (χ3n) is 5.13. The van der Waals surface area contributed by atoms with Gasteiger partial charge in [-0.15, -0.1) is 0 Å². The topological polar surface area (TPSA) is 116 Å². The maximum atomic E-state index is 13.2. The van der Waals surface area contributed by atoms with Crippen LogP contribution in [0.2, 0.25) is 0 Å². The lowest BCUT2D eigenvalue weighted by atomic mass is 10.2. The molecular weight excluding hydrogens is 384 g/mol. The largest absolute Gasteiger partial charge is 0.334 e. The molecule has 0 aliphatic heterocycles. The van der Waals surface area contributed by atoms with Crippen LogP contribution in [0.3, 0.4) is 0 Å². The molecule has 0 saturated carbocycles. The number of aromatic amines is 1. The first-order valence-corrected chi connectivity index (χ1v) is 9.38. The molecule has 0 atom stereocenters. The van der Waals surface area contributed by atoms with Gasteiger partial charge in [0, 0.05) is 29.7 Å². The number of aryl methyl sites for hydroxylation is 2. The quantitative estimate of drug-likeness (QED) is 0.479. The summed E-state index contributed by atoms with van der Waals surface area (Å²) in [5.74, 6) is 0. The molecule has 0 radical (unpaired) electrons. The number of nitrogens with one attached hydrogen (secondary N) is 1. The van der Waals surface area contributed by atoms with E-state index in [1.54, 1.807) is 36.3 Å². The first-order chi connectivity index (χ1) is 14.5. The Bertz CT molecular complexity index is 1510. The zero-order valence-corrected chi connectivity index (χ0v) is 16.4. The lowest BCUT2D eigenvalue weighted by Gasteiger charge is -2.05. The molecule has 0 amide bonds. The molecule has 0 bridgehead atoms. The molecule has 5 heterocycles. The Morgan fingerprint density at radius 3 is 2.20 bits per heavy atom. The number of aromatic nitrogens is 8. The Balaban J connectivity index is 1.67. The lowest BCUT2D eigenvalue weighted by Crippen LogP contribution is -2.26. The van der Waals surface area contributed by atoms with Crippen molar-refractivity contribution in [1.82, 2.24) is 39.3 Å². The summed E-state index contributed by atoms with van der Waals surface area (Å²) in [6.45, 7) is 2.41. The predicted octanol–water partition coefficient (Wildman–Crippen LogP) is 0.968. The fraction of sp³-hybridized carbons (Fsp3) is 0.200. The molecule has 150 valence electrons. The van der Waals surface area contributed by atoms with Gasteiger partial charge >= 0.3 is 0 Å². The van der Waals surface area contributed by atoms with Crippen molar-refractivity contribution in [2.24, 2.45) is 7.05 Å². The molecule has 0 fully saturated rings. The SMILES string of the molecule is Cc1cccc(Cn2ncc3c4cnn(Cc5ccn[nH]5)c(=O)c4n(C)c3c2=O)n1. The summed E-state index contributed by atoms with van der Waals surface area (Å²) in [6, 6.07) is 7.42. The average molecular weight is 402 g/mol. The van der Waals surface area contributed by atoms with Gasteiger partial charge < -0.3 is 4.57 Å². The minimum absolute atomic E-state index is 0.250. The molecule has 0 unspecified atom stereocenters. The molecule has 0 aliphatic rings. The highest BCUT2D eigenvalue weighted by atomic mass is 16.1. The van der Waals surface area contributed by atoms with E-state index < -0.39 is 0 Å². The molecule has 0 aromatic carbocycles. The van der Waals surface area contributed by atoms with Crippen LogP contribution in [0, 0.1) is 6.92 Å². The average Bonchev–Trinajstić information content (AvgIpc) is 3.33. The fourth-order valence-corrected chi connectivity index (χ4v) is 3.71. The molecule has 10 nitrogen and oxygen atoms in total. The highest BCUT2D eigenvalue weighted by Crippen LogP contribution is 2.22. The van der Waals surface area contributed by atoms with Crippen molar-refractivity contribution in [1.29, 1.82) is 0 Å². The Morgan fingerprint density at radius 2 is 1.60 bits per heavy atom. The van der Waals surface area contributed by atoms with Gasteiger partial charge in [-0.3, -0.25) is 19.7 Å². The zero-order chi connectivity index (χ0) is 20.8. The van der Waals surface area contributed by atoms with E-state index in [1.807, 2.05) is 25.1 Å². The van der Waals surface area contributed by atoms with Crippen LogP contribution in [0.4, 0.5) is 0 Å². The van der Waals surface area contributed by atoms with Crippen LogP contribution < -0.4 is 11.1 Å². The minimum Gasteiger partial charge on any atom is -0.334 e. The number of hydrogen-bond donors (Lipinski definition) is 1. The van der Waals surface area contributed by atoms with Gasteiger partial charge in [0.15, 0.2) is 0 Å². The highest BCUT2D eigenvalue weighted by molar-refractivity contribution is 6.06. The van der Waals surface area contributed by atoms with Crippen LogP contribution in [0.5, 0.6) is 0 Å². The first-order valence-electron chi connectivity index (χ1n) is 9.38. The van der Waals surface area contributed by atoms with E-state index in [9.17, 15) is 9.59 Å². The number of pyridine rings is 1. The first kappa shape index (κ1) is 18.0. The smallest absolute Gasteiger partial charge is 0.291 e. The van der Waals surface area contributed by atoms with E-state index in [0.29, 0.717) is 21.8 Å². The van der Waals surface area contributed by atoms with Gasteiger partial charge in [0.25, 0.3) is 11.1 Å². The van der Waals surface area contributed by atoms with Crippen molar-refractivity contribution < 1.29 is 0 Å². The van der Waals surface area contributed by atoms with Gasteiger partial charge in [0.2, 0.25) is 0 Å². The summed E-state index contributed by atoms with van der Waals surface area (Å²) in [7, 11) is 1.71. The van der Waals surface area contributed by atoms with E-state index in [4.69, 9.17) is 0 Å². The van der Waals surface area contributed by atoms with E-state index in [2.05, 4.69) is 25.4 Å². The Labute approximate surface area is 169 Å². The molecule has 5 rings (SSSR count). The molecule has 0 saturated heterocycles. The van der Waals surface area contributed by atoms with Crippen LogP contribution in [-0.4, -0.2) is 39.3 Å². The molecular formula is C20H18N8O2. The lowest BCUT2D eigenvalue weighted by molar-refractivity contribution is 0.629. The van der Waals surface area contributed by atoms with Crippen molar-refractivity contribution in [2.75, 3.05) is 0 Å². The monoisotopic (exact) mass is 402 g/mol. The van der Waals surface area contributed by atoms with E-state index in [0.717, 1.165) is 17.1 Å². The third-order valence-corrected chi connectivity index (χ3v) is 5.13. The van der Waals surface area contributed by atoms with Crippen LogP contribution in [-0.2, 0) is 20.1 Å². The molecule has 1 N–H and O–H groups in total. The second-order valence-corrected chi connectivity index (χ2v) is 7.15. The summed E-state index contributed by atoms with van der Waals surface area (Å²) in [6.07, 6.45) is 4.82. The second-order valence-electron chi connectivity index (χ2n) is 7.15. The zero-order valence-electron chi connectivity index (χ0n) is 16.4. The summed E-state index contributed by atoms with van der Waals surface area (Å²) >= 11 is 0. The van der Waals surface area contributed by atoms with Crippen LogP contribution in [0.1, 0.15) is 17.1 Å². The molecule has 10 heteroatoms. The predicted molar refractivity (Wildman–Crippen MR) is 110 cm³/mol. The third kappa shape index (κ3) is 2.81. The highest BCUT2D eigenvalue weighted by Gasteiger charge is 2.18. The minimum atomic E-state index is -0.285. The van der Waals surface area contributed by atoms with E-state index >= 15 is 0 Å². The van der Waals surface area contributed by atoms with Crippen LogP contribution in [0.25, 0.3) is 21.8 Å². The number of nitrogens with zero attached hydrogens (tertiary/aromatic N) is 7. The number of hydrogen-bond acceptors (Lipinski definition) is 6. The van der Waals surface area contributed by atoms with Crippen molar-refractivity contribution in [3.8, 4) is 0 Å². The van der Waals surface area contributed by atoms with E-state index in [1.165, 1.54) is 9.36 Å². The number of rotatable bonds is 4. The Morgan fingerprint density at radius 1 is 0.933 bits per heavy atom. The normalized spacial score (nSPS) is 11.5. The standard InChI is InChI=1S/C20H18N8O2/c1-12-4-3-5-13(24-12)10-27-19(29)17-15(8-22-27)16-9-23-28(11-14-6-7-21-25-14)20(30)18(16)26(17)2/h3-9H,10-11H2,1-2H3,(H,21,25). The maximum Gasteiger partial charge on any atom is 0.291 e. The van der Waals surface area contributed by atoms with Gasteiger partial charge in [-0.05, 0) is 25.1 Å². The van der Waals surface area contributed by atoms with Gasteiger partial charge in [-0.1, -0.05) is 6.07 Å². The summed E-state index contributed by atoms with van der Waals surface area (Å²) in [5, 5.41) is 16.5. The summed E-state index contributed by atoms with van der Waals surface area (Å²) in [5.41, 5.74) is 2.62. The molecule has 0 aliphatic carbocycles. The van der Waals surface area contributed by atoms with Crippen LogP contribution >= 0.6 is 0 Å². The summed E-state index contributed by atoms with van der Waals surface area (Å²) < 4.78 is 4.33. The molecule has 30 heavy (non-hydrogen) atoms. The van der Waals surface area contributed by atoms with Crippen molar-refractivity contribution >= 4 is 21.8 Å². The molecule has 5 aromatic heterocycles. The van der Waals surface area contributed by atoms with Crippen molar-refractivity contribution in [3.05, 3.63) is 80.6 Å². The second kappa shape index (κ2) is 6.76. The van der Waals surface area contributed by atoms with Gasteiger partial charge in [0.05, 0.1) is 36.9 Å². The number of H-pyrrole nitrogens is 1. The maximum absolute atomic E-state index is 13.2.